The van der Waals surface area contributed by atoms with E-state index in [9.17, 15) is 4.79 Å². The van der Waals surface area contributed by atoms with E-state index in [0.29, 0.717) is 16.8 Å². The van der Waals surface area contributed by atoms with Crippen molar-refractivity contribution in [2.45, 2.75) is 40.0 Å². The lowest BCUT2D eigenvalue weighted by Crippen LogP contribution is -2.33. The number of nitrogens with zero attached hydrogens (tertiary/aromatic N) is 2. The first-order chi connectivity index (χ1) is 9.53. The van der Waals surface area contributed by atoms with Gasteiger partial charge in [0.05, 0.1) is 5.56 Å². The molecule has 110 valence electrons. The molecule has 0 saturated carbocycles. The Hall–Kier alpha value is -1.58. The van der Waals surface area contributed by atoms with Gasteiger partial charge in [-0.1, -0.05) is 13.8 Å². The Labute approximate surface area is 121 Å². The predicted molar refractivity (Wildman–Crippen MR) is 81.9 cm³/mol. The summed E-state index contributed by atoms with van der Waals surface area (Å²) in [6.45, 7) is 9.04. The quantitative estimate of drug-likeness (QED) is 0.921. The van der Waals surface area contributed by atoms with Crippen molar-refractivity contribution in [3.63, 3.8) is 0 Å². The maximum absolute atomic E-state index is 12.7. The molecule has 0 bridgehead atoms. The zero-order valence-electron chi connectivity index (χ0n) is 12.8. The summed E-state index contributed by atoms with van der Waals surface area (Å²) in [6, 6.07) is 3.69. The average Bonchev–Trinajstić information content (AvgIpc) is 2.60. The molecule has 0 atom stereocenters. The predicted octanol–water partition coefficient (Wildman–Crippen LogP) is 3.17. The van der Waals surface area contributed by atoms with Gasteiger partial charge in [0.25, 0.3) is 5.91 Å². The van der Waals surface area contributed by atoms with Gasteiger partial charge in [-0.15, -0.1) is 0 Å². The van der Waals surface area contributed by atoms with Crippen molar-refractivity contribution < 1.29 is 4.79 Å². The number of hydrogen-bond acceptors (Lipinski definition) is 3. The molecule has 4 nitrogen and oxygen atoms in total. The summed E-state index contributed by atoms with van der Waals surface area (Å²) in [5, 5.41) is 3.17. The number of aromatic nitrogens is 1. The number of pyridine rings is 1. The van der Waals surface area contributed by atoms with Crippen LogP contribution in [0.3, 0.4) is 0 Å². The molecule has 0 unspecified atom stereocenters. The number of nitrogens with one attached hydrogen (secondary N) is 1. The van der Waals surface area contributed by atoms with Crippen LogP contribution in [0.4, 0.5) is 5.82 Å². The molecule has 1 aliphatic heterocycles. The summed E-state index contributed by atoms with van der Waals surface area (Å²) in [5.41, 5.74) is 1.03. The Morgan fingerprint density at radius 1 is 1.40 bits per heavy atom. The van der Waals surface area contributed by atoms with E-state index in [1.807, 2.05) is 24.0 Å². The number of anilines is 1. The lowest BCUT2D eigenvalue weighted by Gasteiger charge is -2.24. The molecule has 0 aromatic carbocycles. The van der Waals surface area contributed by atoms with Gasteiger partial charge in [-0.05, 0) is 43.7 Å². The van der Waals surface area contributed by atoms with Crippen LogP contribution in [-0.4, -0.2) is 35.4 Å². The van der Waals surface area contributed by atoms with Gasteiger partial charge in [-0.3, -0.25) is 4.79 Å². The zero-order valence-corrected chi connectivity index (χ0v) is 12.8. The Kier molecular flexibility index (Phi) is 4.63. The first-order valence-corrected chi connectivity index (χ1v) is 7.52. The molecule has 0 radical (unpaired) electrons. The van der Waals surface area contributed by atoms with Crippen LogP contribution in [0.15, 0.2) is 18.3 Å². The maximum atomic E-state index is 12.7. The fourth-order valence-corrected chi connectivity index (χ4v) is 2.68. The summed E-state index contributed by atoms with van der Waals surface area (Å²) in [7, 11) is 0. The minimum absolute atomic E-state index is 0.103. The first-order valence-electron chi connectivity index (χ1n) is 7.52. The zero-order chi connectivity index (χ0) is 14.6. The number of hydrogen-bond donors (Lipinski definition) is 1. The van der Waals surface area contributed by atoms with Gasteiger partial charge in [-0.25, -0.2) is 4.98 Å². The number of likely N-dealkylation sites (tertiary alicyclic amines) is 1. The largest absolute Gasteiger partial charge is 0.370 e. The van der Waals surface area contributed by atoms with Gasteiger partial charge in [-0.2, -0.15) is 0 Å². The maximum Gasteiger partial charge on any atom is 0.257 e. The second-order valence-corrected chi connectivity index (χ2v) is 6.24. The molecule has 1 aromatic heterocycles. The third-order valence-corrected chi connectivity index (χ3v) is 4.01. The number of carbonyl (C=O) groups excluding carboxylic acids is 1. The molecule has 0 aliphatic carbocycles. The van der Waals surface area contributed by atoms with E-state index in [1.54, 1.807) is 6.20 Å². The summed E-state index contributed by atoms with van der Waals surface area (Å²) in [5.74, 6) is 0.801. The Morgan fingerprint density at radius 3 is 2.95 bits per heavy atom. The molecule has 0 spiro atoms. The number of rotatable bonds is 3. The topological polar surface area (TPSA) is 45.2 Å². The SMILES string of the molecule is CCNc1ncccc1C(=O)N1CCCC(C)(C)CC1. The molecule has 1 aliphatic rings. The molecule has 20 heavy (non-hydrogen) atoms. The monoisotopic (exact) mass is 275 g/mol. The van der Waals surface area contributed by atoms with Crippen LogP contribution in [0.25, 0.3) is 0 Å². The molecule has 1 amide bonds. The fraction of sp³-hybridized carbons (Fsp3) is 0.625. The van der Waals surface area contributed by atoms with Crippen LogP contribution in [0.1, 0.15) is 50.4 Å². The van der Waals surface area contributed by atoms with Crippen molar-refractivity contribution in [1.82, 2.24) is 9.88 Å². The number of amides is 1. The highest BCUT2D eigenvalue weighted by molar-refractivity contribution is 5.98. The Bertz CT molecular complexity index is 471. The van der Waals surface area contributed by atoms with Gasteiger partial charge in [0.1, 0.15) is 5.82 Å². The van der Waals surface area contributed by atoms with Gasteiger partial charge in [0, 0.05) is 25.8 Å². The van der Waals surface area contributed by atoms with Crippen LogP contribution in [0, 0.1) is 5.41 Å². The van der Waals surface area contributed by atoms with E-state index in [-0.39, 0.29) is 5.91 Å². The van der Waals surface area contributed by atoms with E-state index in [1.165, 1.54) is 6.42 Å². The minimum Gasteiger partial charge on any atom is -0.370 e. The van der Waals surface area contributed by atoms with Gasteiger partial charge < -0.3 is 10.2 Å². The van der Waals surface area contributed by atoms with Crippen LogP contribution in [0.2, 0.25) is 0 Å². The Morgan fingerprint density at radius 2 is 2.20 bits per heavy atom. The average molecular weight is 275 g/mol. The van der Waals surface area contributed by atoms with Crippen molar-refractivity contribution in [1.29, 1.82) is 0 Å². The highest BCUT2D eigenvalue weighted by Gasteiger charge is 2.26. The molecular weight excluding hydrogens is 250 g/mol. The Balaban J connectivity index is 2.15. The first kappa shape index (κ1) is 14.8. The third-order valence-electron chi connectivity index (χ3n) is 4.01. The molecule has 1 aromatic rings. The van der Waals surface area contributed by atoms with Gasteiger partial charge in [0.15, 0.2) is 0 Å². The highest BCUT2D eigenvalue weighted by Crippen LogP contribution is 2.30. The third kappa shape index (κ3) is 3.50. The van der Waals surface area contributed by atoms with Crippen LogP contribution in [-0.2, 0) is 0 Å². The summed E-state index contributed by atoms with van der Waals surface area (Å²) < 4.78 is 0. The van der Waals surface area contributed by atoms with Crippen LogP contribution in [0.5, 0.6) is 0 Å². The molecule has 1 saturated heterocycles. The van der Waals surface area contributed by atoms with Crippen molar-refractivity contribution in [3.8, 4) is 0 Å². The van der Waals surface area contributed by atoms with E-state index >= 15 is 0 Å². The fourth-order valence-electron chi connectivity index (χ4n) is 2.68. The minimum atomic E-state index is 0.103. The molecule has 1 N–H and O–H groups in total. The molecule has 4 heteroatoms. The standard InChI is InChI=1S/C16H25N3O/c1-4-17-14-13(7-5-10-18-14)15(20)19-11-6-8-16(2,3)9-12-19/h5,7,10H,4,6,8-9,11-12H2,1-3H3,(H,17,18). The molecule has 1 fully saturated rings. The smallest absolute Gasteiger partial charge is 0.257 e. The normalized spacial score (nSPS) is 18.4. The second-order valence-electron chi connectivity index (χ2n) is 6.24. The summed E-state index contributed by atoms with van der Waals surface area (Å²) >= 11 is 0. The lowest BCUT2D eigenvalue weighted by atomic mass is 9.85. The van der Waals surface area contributed by atoms with Gasteiger partial charge in [0.2, 0.25) is 0 Å². The van der Waals surface area contributed by atoms with Crippen molar-refractivity contribution in [3.05, 3.63) is 23.9 Å². The summed E-state index contributed by atoms with van der Waals surface area (Å²) in [6.07, 6.45) is 5.05. The number of carbonyl (C=O) groups is 1. The highest BCUT2D eigenvalue weighted by atomic mass is 16.2. The van der Waals surface area contributed by atoms with E-state index in [2.05, 4.69) is 24.1 Å². The van der Waals surface area contributed by atoms with E-state index in [4.69, 9.17) is 0 Å². The summed E-state index contributed by atoms with van der Waals surface area (Å²) in [4.78, 5) is 19.0. The lowest BCUT2D eigenvalue weighted by molar-refractivity contribution is 0.0758. The molecule has 2 heterocycles. The second kappa shape index (κ2) is 6.25. The van der Waals surface area contributed by atoms with Crippen molar-refractivity contribution in [2.75, 3.05) is 25.0 Å². The molecular formula is C16H25N3O. The van der Waals surface area contributed by atoms with Gasteiger partial charge >= 0.3 is 0 Å². The van der Waals surface area contributed by atoms with E-state index < -0.39 is 0 Å². The van der Waals surface area contributed by atoms with Crippen molar-refractivity contribution in [2.24, 2.45) is 5.41 Å². The molecule has 2 rings (SSSR count). The van der Waals surface area contributed by atoms with Crippen LogP contribution < -0.4 is 5.32 Å². The van der Waals surface area contributed by atoms with Crippen LogP contribution >= 0.6 is 0 Å². The van der Waals surface area contributed by atoms with E-state index in [0.717, 1.165) is 32.5 Å². The van der Waals surface area contributed by atoms with Crippen molar-refractivity contribution >= 4 is 11.7 Å².